The fourth-order valence-corrected chi connectivity index (χ4v) is 0.237. The summed E-state index contributed by atoms with van der Waals surface area (Å²) in [5.74, 6) is 0.00926. The van der Waals surface area contributed by atoms with Gasteiger partial charge in [0.05, 0.1) is 6.42 Å². The van der Waals surface area contributed by atoms with Gasteiger partial charge >= 0.3 is 0 Å². The van der Waals surface area contributed by atoms with Crippen LogP contribution >= 0.6 is 0 Å². The molecule has 0 rings (SSSR count). The fraction of sp³-hybridized carbons (Fsp3) is 0.667. The minimum absolute atomic E-state index is 0. The van der Waals surface area contributed by atoms with Crippen LogP contribution in [0.5, 0.6) is 0 Å². The van der Waals surface area contributed by atoms with Crippen molar-refractivity contribution in [2.75, 3.05) is 0 Å². The fourth-order valence-electron chi connectivity index (χ4n) is 0.237. The van der Waals surface area contributed by atoms with E-state index in [0.717, 1.165) is 0 Å². The molecule has 0 saturated heterocycles. The summed E-state index contributed by atoms with van der Waals surface area (Å²) in [6.07, 6.45) is 1.18. The summed E-state index contributed by atoms with van der Waals surface area (Å²) in [5, 5.41) is 0. The van der Waals surface area contributed by atoms with Crippen LogP contribution in [-0.2, 0) is 9.59 Å². The Morgan fingerprint density at radius 3 is 2.25 bits per heavy atom. The lowest BCUT2D eigenvalue weighted by Gasteiger charge is -1.80. The van der Waals surface area contributed by atoms with Crippen LogP contribution in [0, 0.1) is 0 Å². The van der Waals surface area contributed by atoms with Crippen LogP contribution < -0.4 is 0 Å². The summed E-state index contributed by atoms with van der Waals surface area (Å²) in [4.78, 5) is 19.7. The van der Waals surface area contributed by atoms with Crippen molar-refractivity contribution < 1.29 is 9.59 Å². The highest BCUT2D eigenvalue weighted by Gasteiger charge is 1.91. The van der Waals surface area contributed by atoms with Crippen molar-refractivity contribution in [3.05, 3.63) is 0 Å². The minimum Gasteiger partial charge on any atom is -0.303 e. The van der Waals surface area contributed by atoms with E-state index in [9.17, 15) is 9.59 Å². The first-order valence-corrected chi connectivity index (χ1v) is 2.26. The molecule has 0 fully saturated rings. The maximum atomic E-state index is 10.2. The Balaban J connectivity index is 0. The second-order valence-electron chi connectivity index (χ2n) is 1.26. The molecule has 0 aromatic rings. The molecule has 0 heterocycles. The van der Waals surface area contributed by atoms with Crippen LogP contribution in [0.2, 0.25) is 0 Å². The van der Waals surface area contributed by atoms with E-state index in [-0.39, 0.29) is 19.6 Å². The van der Waals surface area contributed by atoms with Crippen molar-refractivity contribution in [2.24, 2.45) is 0 Å². The van der Waals surface area contributed by atoms with E-state index in [4.69, 9.17) is 0 Å². The summed E-state index contributed by atoms with van der Waals surface area (Å²) in [6.45, 7) is 1.74. The quantitative estimate of drug-likeness (QED) is 0.410. The first-order valence-electron chi connectivity index (χ1n) is 2.26. The maximum Gasteiger partial charge on any atom is 0.139 e. The van der Waals surface area contributed by atoms with E-state index in [0.29, 0.717) is 12.7 Å². The number of hydrogen-bond acceptors (Lipinski definition) is 2. The van der Waals surface area contributed by atoms with Crippen molar-refractivity contribution in [1.82, 2.24) is 0 Å². The van der Waals surface area contributed by atoms with E-state index < -0.39 is 0 Å². The largest absolute Gasteiger partial charge is 0.303 e. The topological polar surface area (TPSA) is 34.1 Å². The Labute approximate surface area is 49.9 Å². The molecular formula is C6H12O2. The van der Waals surface area contributed by atoms with Gasteiger partial charge in [-0.25, -0.2) is 0 Å². The number of ketones is 1. The Hall–Kier alpha value is -0.660. The number of carbonyl (C=O) groups excluding carboxylic acids is 2. The van der Waals surface area contributed by atoms with Gasteiger partial charge in [0, 0.05) is 6.42 Å². The molecule has 8 heavy (non-hydrogen) atoms. The Morgan fingerprint density at radius 1 is 1.62 bits per heavy atom. The van der Waals surface area contributed by atoms with Gasteiger partial charge in [-0.15, -0.1) is 0 Å². The Morgan fingerprint density at radius 2 is 2.12 bits per heavy atom. The van der Waals surface area contributed by atoms with Gasteiger partial charge in [-0.05, 0) is 0 Å². The number of rotatable bonds is 3. The smallest absolute Gasteiger partial charge is 0.139 e. The van der Waals surface area contributed by atoms with Crippen LogP contribution in [-0.4, -0.2) is 12.1 Å². The van der Waals surface area contributed by atoms with Gasteiger partial charge in [-0.3, -0.25) is 4.79 Å². The summed E-state index contributed by atoms with van der Waals surface area (Å²) in [6, 6.07) is 0. The van der Waals surface area contributed by atoms with E-state index in [2.05, 4.69) is 0 Å². The van der Waals surface area contributed by atoms with E-state index in [1.807, 2.05) is 0 Å². The van der Waals surface area contributed by atoms with Crippen LogP contribution in [0.3, 0.4) is 0 Å². The van der Waals surface area contributed by atoms with Gasteiger partial charge in [-0.1, -0.05) is 14.4 Å². The lowest BCUT2D eigenvalue weighted by molar-refractivity contribution is -0.122. The average molecular weight is 116 g/mol. The summed E-state index contributed by atoms with van der Waals surface area (Å²) >= 11 is 0. The second-order valence-corrected chi connectivity index (χ2v) is 1.26. The van der Waals surface area contributed by atoms with Crippen molar-refractivity contribution in [1.29, 1.82) is 0 Å². The molecule has 0 bridgehead atoms. The molecule has 48 valence electrons. The third kappa shape index (κ3) is 5.34. The molecule has 0 atom stereocenters. The van der Waals surface area contributed by atoms with Gasteiger partial charge in [0.25, 0.3) is 0 Å². The third-order valence-corrected chi connectivity index (χ3v) is 0.705. The lowest BCUT2D eigenvalue weighted by atomic mass is 10.2. The first kappa shape index (κ1) is 10.3. The van der Waals surface area contributed by atoms with Crippen molar-refractivity contribution in [3.8, 4) is 0 Å². The zero-order chi connectivity index (χ0) is 5.70. The predicted molar refractivity (Wildman–Crippen MR) is 32.7 cm³/mol. The number of carbonyl (C=O) groups is 2. The van der Waals surface area contributed by atoms with E-state index in [1.54, 1.807) is 6.92 Å². The lowest BCUT2D eigenvalue weighted by Crippen LogP contribution is -1.93. The summed E-state index contributed by atoms with van der Waals surface area (Å²) in [5.41, 5.74) is 0. The van der Waals surface area contributed by atoms with Gasteiger partial charge in [0.1, 0.15) is 12.1 Å². The van der Waals surface area contributed by atoms with E-state index >= 15 is 0 Å². The van der Waals surface area contributed by atoms with Crippen LogP contribution in [0.15, 0.2) is 0 Å². The molecule has 0 radical (unpaired) electrons. The monoisotopic (exact) mass is 116 g/mol. The first-order chi connectivity index (χ1) is 3.31. The van der Waals surface area contributed by atoms with Crippen LogP contribution in [0.25, 0.3) is 0 Å². The molecule has 0 aromatic heterocycles. The molecule has 0 aliphatic rings. The Kier molecular flexibility index (Phi) is 8.20. The molecule has 0 aromatic carbocycles. The van der Waals surface area contributed by atoms with E-state index in [1.165, 1.54) is 0 Å². The molecular weight excluding hydrogens is 104 g/mol. The molecule has 2 nitrogen and oxygen atoms in total. The molecule has 0 N–H and O–H groups in total. The van der Waals surface area contributed by atoms with Crippen LogP contribution in [0.1, 0.15) is 27.2 Å². The minimum atomic E-state index is 0. The number of Topliss-reactive ketones (excluding diaryl/α,β-unsaturated/α-hetero) is 1. The highest BCUT2D eigenvalue weighted by Crippen LogP contribution is 1.81. The molecule has 0 aliphatic carbocycles. The normalized spacial score (nSPS) is 7.12. The standard InChI is InChI=1S/C5H8O2.CH4/c1-2-5(7)3-4-6;/h4H,2-3H2,1H3;1H4. The van der Waals surface area contributed by atoms with Gasteiger partial charge < -0.3 is 4.79 Å². The van der Waals surface area contributed by atoms with Crippen LogP contribution in [0.4, 0.5) is 0 Å². The summed E-state index contributed by atoms with van der Waals surface area (Å²) in [7, 11) is 0. The molecule has 0 unspecified atom stereocenters. The molecule has 2 heteroatoms. The Bertz CT molecular complexity index is 76.6. The zero-order valence-corrected chi connectivity index (χ0v) is 4.31. The van der Waals surface area contributed by atoms with Gasteiger partial charge in [-0.2, -0.15) is 0 Å². The third-order valence-electron chi connectivity index (χ3n) is 0.705. The highest BCUT2D eigenvalue weighted by atomic mass is 16.1. The SMILES string of the molecule is C.CCC(=O)CC=O. The van der Waals surface area contributed by atoms with Gasteiger partial charge in [0.2, 0.25) is 0 Å². The average Bonchev–Trinajstić information content (AvgIpc) is 1.68. The number of aldehydes is 1. The highest BCUT2D eigenvalue weighted by molar-refractivity contribution is 5.89. The second kappa shape index (κ2) is 6.34. The molecule has 0 aliphatic heterocycles. The van der Waals surface area contributed by atoms with Gasteiger partial charge in [0.15, 0.2) is 0 Å². The van der Waals surface area contributed by atoms with Crippen molar-refractivity contribution in [3.63, 3.8) is 0 Å². The molecule has 0 saturated carbocycles. The molecule has 0 amide bonds. The molecule has 0 spiro atoms. The predicted octanol–water partition coefficient (Wildman–Crippen LogP) is 1.19. The van der Waals surface area contributed by atoms with Crippen molar-refractivity contribution >= 4 is 12.1 Å². The number of hydrogen-bond donors (Lipinski definition) is 0. The zero-order valence-electron chi connectivity index (χ0n) is 4.31. The van der Waals surface area contributed by atoms with Crippen molar-refractivity contribution in [2.45, 2.75) is 27.2 Å². The maximum absolute atomic E-state index is 10.2. The summed E-state index contributed by atoms with van der Waals surface area (Å²) < 4.78 is 0.